The van der Waals surface area contributed by atoms with Crippen LogP contribution in [-0.4, -0.2) is 85.6 Å². The van der Waals surface area contributed by atoms with Gasteiger partial charge in [0.05, 0.1) is 6.54 Å². The molecule has 0 atom stereocenters. The number of carbonyl (C=O) groups is 1. The topological polar surface area (TPSA) is 38.8 Å². The molecule has 0 aliphatic carbocycles. The summed E-state index contributed by atoms with van der Waals surface area (Å²) < 4.78 is 0. The molecule has 0 saturated carbocycles. The number of carbonyl (C=O) groups excluding carboxylic acids is 1. The van der Waals surface area contributed by atoms with Crippen molar-refractivity contribution in [3.05, 3.63) is 0 Å². The van der Waals surface area contributed by atoms with Crippen LogP contribution in [0.1, 0.15) is 20.3 Å². The molecule has 0 bridgehead atoms. The Morgan fingerprint density at radius 2 is 1.79 bits per heavy atom. The zero-order valence-corrected chi connectivity index (χ0v) is 12.4. The lowest BCUT2D eigenvalue weighted by Crippen LogP contribution is -2.51. The van der Waals surface area contributed by atoms with E-state index in [9.17, 15) is 4.79 Å². The fourth-order valence-electron chi connectivity index (χ4n) is 2.82. The third-order valence-corrected chi connectivity index (χ3v) is 4.19. The standard InChI is InChI=1S/C14H28N4O/c1-13(2)17-10-8-16(9-11-17)12-14(19)18-6-3-4-15-5-7-18/h13,15H,3-12H2,1-2H3. The fourth-order valence-corrected chi connectivity index (χ4v) is 2.82. The van der Waals surface area contributed by atoms with E-state index in [1.807, 2.05) is 4.90 Å². The summed E-state index contributed by atoms with van der Waals surface area (Å²) in [5.74, 6) is 0.307. The molecule has 0 unspecified atom stereocenters. The van der Waals surface area contributed by atoms with Crippen molar-refractivity contribution in [1.29, 1.82) is 0 Å². The molecule has 5 heteroatoms. The first kappa shape index (κ1) is 14.8. The second-order valence-electron chi connectivity index (χ2n) is 5.89. The molecule has 110 valence electrons. The molecule has 19 heavy (non-hydrogen) atoms. The zero-order chi connectivity index (χ0) is 13.7. The summed E-state index contributed by atoms with van der Waals surface area (Å²) in [6, 6.07) is 0.620. The lowest BCUT2D eigenvalue weighted by molar-refractivity contribution is -0.132. The van der Waals surface area contributed by atoms with E-state index >= 15 is 0 Å². The average molecular weight is 268 g/mol. The lowest BCUT2D eigenvalue weighted by atomic mass is 10.2. The Morgan fingerprint density at radius 1 is 1.05 bits per heavy atom. The number of nitrogens with zero attached hydrogens (tertiary/aromatic N) is 3. The molecule has 1 N–H and O–H groups in total. The minimum absolute atomic E-state index is 0.307. The number of amides is 1. The maximum absolute atomic E-state index is 12.3. The van der Waals surface area contributed by atoms with Gasteiger partial charge in [0, 0.05) is 51.9 Å². The van der Waals surface area contributed by atoms with Gasteiger partial charge in [-0.25, -0.2) is 0 Å². The van der Waals surface area contributed by atoms with Gasteiger partial charge in [-0.1, -0.05) is 0 Å². The molecule has 2 heterocycles. The van der Waals surface area contributed by atoms with Crippen molar-refractivity contribution in [2.24, 2.45) is 0 Å². The molecule has 2 aliphatic rings. The minimum Gasteiger partial charge on any atom is -0.340 e. The van der Waals surface area contributed by atoms with Crippen molar-refractivity contribution < 1.29 is 4.79 Å². The molecular weight excluding hydrogens is 240 g/mol. The van der Waals surface area contributed by atoms with Gasteiger partial charge in [-0.15, -0.1) is 0 Å². The van der Waals surface area contributed by atoms with Crippen molar-refractivity contribution in [2.75, 3.05) is 58.9 Å². The monoisotopic (exact) mass is 268 g/mol. The van der Waals surface area contributed by atoms with E-state index in [1.165, 1.54) is 0 Å². The van der Waals surface area contributed by atoms with Gasteiger partial charge >= 0.3 is 0 Å². The van der Waals surface area contributed by atoms with Gasteiger partial charge in [-0.05, 0) is 26.8 Å². The molecule has 0 aromatic rings. The number of nitrogens with one attached hydrogen (secondary N) is 1. The molecule has 2 rings (SSSR count). The molecule has 0 aromatic carbocycles. The first-order valence-corrected chi connectivity index (χ1v) is 7.61. The predicted octanol–water partition coefficient (Wildman–Crippen LogP) is -0.166. The van der Waals surface area contributed by atoms with E-state index in [-0.39, 0.29) is 0 Å². The van der Waals surface area contributed by atoms with Crippen LogP contribution in [0.4, 0.5) is 0 Å². The van der Waals surface area contributed by atoms with Gasteiger partial charge in [0.2, 0.25) is 5.91 Å². The molecule has 2 saturated heterocycles. The third-order valence-electron chi connectivity index (χ3n) is 4.19. The van der Waals surface area contributed by atoms with Gasteiger partial charge in [-0.2, -0.15) is 0 Å². The summed E-state index contributed by atoms with van der Waals surface area (Å²) in [5.41, 5.74) is 0. The summed E-state index contributed by atoms with van der Waals surface area (Å²) in [5, 5.41) is 3.34. The van der Waals surface area contributed by atoms with Crippen molar-refractivity contribution >= 4 is 5.91 Å². The van der Waals surface area contributed by atoms with E-state index in [0.29, 0.717) is 18.5 Å². The van der Waals surface area contributed by atoms with E-state index in [0.717, 1.165) is 58.8 Å². The highest BCUT2D eigenvalue weighted by Gasteiger charge is 2.22. The minimum atomic E-state index is 0.307. The van der Waals surface area contributed by atoms with Crippen LogP contribution in [0.25, 0.3) is 0 Å². The Morgan fingerprint density at radius 3 is 2.47 bits per heavy atom. The van der Waals surface area contributed by atoms with Crippen molar-refractivity contribution in [3.8, 4) is 0 Å². The van der Waals surface area contributed by atoms with Gasteiger partial charge < -0.3 is 10.2 Å². The van der Waals surface area contributed by atoms with Crippen LogP contribution in [-0.2, 0) is 4.79 Å². The van der Waals surface area contributed by atoms with E-state index < -0.39 is 0 Å². The van der Waals surface area contributed by atoms with E-state index in [1.54, 1.807) is 0 Å². The predicted molar refractivity (Wildman–Crippen MR) is 77.2 cm³/mol. The summed E-state index contributed by atoms with van der Waals surface area (Å²) in [4.78, 5) is 19.1. The smallest absolute Gasteiger partial charge is 0.236 e. The zero-order valence-electron chi connectivity index (χ0n) is 12.4. The Hall–Kier alpha value is -0.650. The van der Waals surface area contributed by atoms with Gasteiger partial charge in [0.25, 0.3) is 0 Å². The van der Waals surface area contributed by atoms with Crippen LogP contribution in [0.5, 0.6) is 0 Å². The molecular formula is C14H28N4O. The summed E-state index contributed by atoms with van der Waals surface area (Å²) in [6.45, 7) is 13.1. The summed E-state index contributed by atoms with van der Waals surface area (Å²) in [7, 11) is 0. The second kappa shape index (κ2) is 7.22. The molecule has 0 spiro atoms. The quantitative estimate of drug-likeness (QED) is 0.772. The lowest BCUT2D eigenvalue weighted by Gasteiger charge is -2.37. The molecule has 0 radical (unpaired) electrons. The van der Waals surface area contributed by atoms with Gasteiger partial charge in [0.15, 0.2) is 0 Å². The normalized spacial score (nSPS) is 23.6. The Labute approximate surface area is 116 Å². The first-order chi connectivity index (χ1) is 9.16. The van der Waals surface area contributed by atoms with E-state index in [2.05, 4.69) is 29.0 Å². The average Bonchev–Trinajstić information content (AvgIpc) is 2.68. The molecule has 5 nitrogen and oxygen atoms in total. The summed E-state index contributed by atoms with van der Waals surface area (Å²) >= 11 is 0. The number of rotatable bonds is 3. The highest BCUT2D eigenvalue weighted by molar-refractivity contribution is 5.78. The molecule has 1 amide bonds. The van der Waals surface area contributed by atoms with Crippen LogP contribution < -0.4 is 5.32 Å². The maximum Gasteiger partial charge on any atom is 0.236 e. The Bertz CT molecular complexity index is 279. The van der Waals surface area contributed by atoms with Crippen LogP contribution in [0.3, 0.4) is 0 Å². The molecule has 2 fully saturated rings. The largest absolute Gasteiger partial charge is 0.340 e. The third kappa shape index (κ3) is 4.44. The van der Waals surface area contributed by atoms with Crippen LogP contribution in [0, 0.1) is 0 Å². The highest BCUT2D eigenvalue weighted by Crippen LogP contribution is 2.06. The van der Waals surface area contributed by atoms with Crippen molar-refractivity contribution in [2.45, 2.75) is 26.3 Å². The van der Waals surface area contributed by atoms with Crippen molar-refractivity contribution in [3.63, 3.8) is 0 Å². The Kier molecular flexibility index (Phi) is 5.60. The van der Waals surface area contributed by atoms with Crippen LogP contribution in [0.2, 0.25) is 0 Å². The molecule has 0 aromatic heterocycles. The fraction of sp³-hybridized carbons (Fsp3) is 0.929. The second-order valence-corrected chi connectivity index (χ2v) is 5.89. The molecule has 2 aliphatic heterocycles. The number of hydrogen-bond donors (Lipinski definition) is 1. The van der Waals surface area contributed by atoms with E-state index in [4.69, 9.17) is 0 Å². The number of piperazine rings is 1. The Balaban J connectivity index is 1.73. The van der Waals surface area contributed by atoms with Gasteiger partial charge in [-0.3, -0.25) is 14.6 Å². The van der Waals surface area contributed by atoms with Crippen LogP contribution >= 0.6 is 0 Å². The number of hydrogen-bond acceptors (Lipinski definition) is 4. The SMILES string of the molecule is CC(C)N1CCN(CC(=O)N2CCCNCC2)CC1. The maximum atomic E-state index is 12.3. The van der Waals surface area contributed by atoms with Crippen molar-refractivity contribution in [1.82, 2.24) is 20.0 Å². The van der Waals surface area contributed by atoms with Crippen LogP contribution in [0.15, 0.2) is 0 Å². The first-order valence-electron chi connectivity index (χ1n) is 7.61. The summed E-state index contributed by atoms with van der Waals surface area (Å²) in [6.07, 6.45) is 1.08. The highest BCUT2D eigenvalue weighted by atomic mass is 16.2. The van der Waals surface area contributed by atoms with Gasteiger partial charge in [0.1, 0.15) is 0 Å².